The number of carbonyl (C=O) groups is 1. The van der Waals surface area contributed by atoms with Gasteiger partial charge in [-0.15, -0.1) is 0 Å². The summed E-state index contributed by atoms with van der Waals surface area (Å²) >= 11 is 5.54. The summed E-state index contributed by atoms with van der Waals surface area (Å²) in [7, 11) is 0. The van der Waals surface area contributed by atoms with Crippen LogP contribution in [-0.4, -0.2) is 6.29 Å². The Labute approximate surface area is 85.7 Å². The Morgan fingerprint density at radius 1 is 1.43 bits per heavy atom. The van der Waals surface area contributed by atoms with Gasteiger partial charge in [-0.25, -0.2) is 8.78 Å². The molecule has 0 aromatic heterocycles. The van der Waals surface area contributed by atoms with Crippen LogP contribution in [0.4, 0.5) is 8.78 Å². The van der Waals surface area contributed by atoms with Crippen LogP contribution < -0.4 is 0 Å². The lowest BCUT2D eigenvalue weighted by atomic mass is 10.1. The van der Waals surface area contributed by atoms with Crippen LogP contribution in [0.5, 0.6) is 0 Å². The highest BCUT2D eigenvalue weighted by molar-refractivity contribution is 6.30. The molecule has 1 aromatic rings. The van der Waals surface area contributed by atoms with E-state index in [9.17, 15) is 13.6 Å². The molecule has 0 bridgehead atoms. The molecule has 0 radical (unpaired) electrons. The Hall–Kier alpha value is -0.960. The van der Waals surface area contributed by atoms with E-state index in [-0.39, 0.29) is 29.0 Å². The zero-order chi connectivity index (χ0) is 10.7. The van der Waals surface area contributed by atoms with Gasteiger partial charge in [0.2, 0.25) is 0 Å². The quantitative estimate of drug-likeness (QED) is 0.563. The highest BCUT2D eigenvalue weighted by Crippen LogP contribution is 2.25. The summed E-state index contributed by atoms with van der Waals surface area (Å²) in [6.45, 7) is 1.51. The summed E-state index contributed by atoms with van der Waals surface area (Å²) in [5.41, 5.74) is 0.180. The molecule has 0 unspecified atom stereocenters. The smallest absolute Gasteiger partial charge is 0.147 e. The fourth-order valence-corrected chi connectivity index (χ4v) is 1.50. The van der Waals surface area contributed by atoms with Gasteiger partial charge < -0.3 is 4.79 Å². The van der Waals surface area contributed by atoms with Gasteiger partial charge in [0, 0.05) is 12.0 Å². The third-order valence-electron chi connectivity index (χ3n) is 1.94. The molecule has 0 aliphatic heterocycles. The summed E-state index contributed by atoms with van der Waals surface area (Å²) < 4.78 is 26.6. The zero-order valence-electron chi connectivity index (χ0n) is 7.61. The average molecular weight is 219 g/mol. The molecule has 0 fully saturated rings. The molecule has 0 heterocycles. The van der Waals surface area contributed by atoms with Crippen LogP contribution in [-0.2, 0) is 11.2 Å². The van der Waals surface area contributed by atoms with Gasteiger partial charge >= 0.3 is 0 Å². The number of aldehydes is 1. The Bertz CT molecular complexity index is 337. The molecule has 0 saturated heterocycles. The van der Waals surface area contributed by atoms with Crippen molar-refractivity contribution in [2.45, 2.75) is 19.8 Å². The first-order valence-corrected chi connectivity index (χ1v) is 4.52. The Morgan fingerprint density at radius 2 is 2.07 bits per heavy atom. The van der Waals surface area contributed by atoms with E-state index >= 15 is 0 Å². The van der Waals surface area contributed by atoms with Gasteiger partial charge in [-0.1, -0.05) is 11.6 Å². The van der Waals surface area contributed by atoms with Crippen LogP contribution in [0.25, 0.3) is 0 Å². The van der Waals surface area contributed by atoms with Crippen molar-refractivity contribution in [3.63, 3.8) is 0 Å². The summed E-state index contributed by atoms with van der Waals surface area (Å²) in [6, 6.07) is 1.23. The second-order valence-corrected chi connectivity index (χ2v) is 3.39. The molecule has 4 heteroatoms. The Kier molecular flexibility index (Phi) is 3.58. The normalized spacial score (nSPS) is 10.3. The Balaban J connectivity index is 3.17. The van der Waals surface area contributed by atoms with E-state index in [2.05, 4.69) is 0 Å². The number of hydrogen-bond acceptors (Lipinski definition) is 1. The van der Waals surface area contributed by atoms with Crippen molar-refractivity contribution in [2.75, 3.05) is 0 Å². The van der Waals surface area contributed by atoms with E-state index in [0.29, 0.717) is 6.29 Å². The first kappa shape index (κ1) is 11.1. The molecule has 1 nitrogen and oxygen atoms in total. The molecule has 14 heavy (non-hydrogen) atoms. The van der Waals surface area contributed by atoms with E-state index in [1.807, 2.05) is 0 Å². The predicted octanol–water partition coefficient (Wildman–Crippen LogP) is 3.06. The highest BCUT2D eigenvalue weighted by Gasteiger charge is 2.14. The van der Waals surface area contributed by atoms with E-state index < -0.39 is 11.6 Å². The standard InChI is InChI=1S/C10H9ClF2O/c1-6-5-8(11)10(13)7(9(6)12)3-2-4-14/h4-5H,2-3H2,1H3. The minimum atomic E-state index is -0.767. The minimum absolute atomic E-state index is 0.0442. The molecule has 0 N–H and O–H groups in total. The van der Waals surface area contributed by atoms with E-state index in [0.717, 1.165) is 0 Å². The van der Waals surface area contributed by atoms with Crippen LogP contribution in [0.1, 0.15) is 17.5 Å². The van der Waals surface area contributed by atoms with E-state index in [1.165, 1.54) is 13.0 Å². The van der Waals surface area contributed by atoms with Crippen molar-refractivity contribution in [1.29, 1.82) is 0 Å². The van der Waals surface area contributed by atoms with Crippen LogP contribution in [0.15, 0.2) is 6.07 Å². The lowest BCUT2D eigenvalue weighted by molar-refractivity contribution is -0.107. The maximum atomic E-state index is 13.4. The van der Waals surface area contributed by atoms with Crippen molar-refractivity contribution in [3.05, 3.63) is 33.9 Å². The lowest BCUT2D eigenvalue weighted by Gasteiger charge is -2.07. The lowest BCUT2D eigenvalue weighted by Crippen LogP contribution is -2.00. The SMILES string of the molecule is Cc1cc(Cl)c(F)c(CCC=O)c1F. The molecular formula is C10H9ClF2O. The molecule has 0 saturated carbocycles. The van der Waals surface area contributed by atoms with Crippen molar-refractivity contribution in [1.82, 2.24) is 0 Å². The fraction of sp³-hybridized carbons (Fsp3) is 0.300. The minimum Gasteiger partial charge on any atom is -0.303 e. The number of hydrogen-bond donors (Lipinski definition) is 0. The molecular weight excluding hydrogens is 210 g/mol. The van der Waals surface area contributed by atoms with E-state index in [4.69, 9.17) is 11.6 Å². The van der Waals surface area contributed by atoms with E-state index in [1.54, 1.807) is 0 Å². The zero-order valence-corrected chi connectivity index (χ0v) is 8.37. The topological polar surface area (TPSA) is 17.1 Å². The maximum absolute atomic E-state index is 13.4. The van der Waals surface area contributed by atoms with Crippen LogP contribution in [0.3, 0.4) is 0 Å². The van der Waals surface area contributed by atoms with Crippen LogP contribution >= 0.6 is 11.6 Å². The maximum Gasteiger partial charge on any atom is 0.147 e. The van der Waals surface area contributed by atoms with Crippen molar-refractivity contribution < 1.29 is 13.6 Å². The molecule has 0 amide bonds. The second kappa shape index (κ2) is 4.51. The number of aryl methyl sites for hydroxylation is 1. The number of benzene rings is 1. The van der Waals surface area contributed by atoms with Crippen LogP contribution in [0, 0.1) is 18.6 Å². The summed E-state index contributed by atoms with van der Waals surface area (Å²) in [5, 5.41) is -0.107. The summed E-state index contributed by atoms with van der Waals surface area (Å²) in [4.78, 5) is 10.1. The summed E-state index contributed by atoms with van der Waals surface area (Å²) in [6.07, 6.45) is 0.755. The van der Waals surface area contributed by atoms with Gasteiger partial charge in [-0.05, 0) is 25.0 Å². The van der Waals surface area contributed by atoms with Crippen LogP contribution in [0.2, 0.25) is 5.02 Å². The molecule has 1 rings (SSSR count). The molecule has 0 aliphatic carbocycles. The third kappa shape index (κ3) is 2.10. The van der Waals surface area contributed by atoms with Gasteiger partial charge in [0.05, 0.1) is 5.02 Å². The average Bonchev–Trinajstić information content (AvgIpc) is 2.15. The molecule has 0 atom stereocenters. The van der Waals surface area contributed by atoms with Crippen molar-refractivity contribution in [2.24, 2.45) is 0 Å². The molecule has 1 aromatic carbocycles. The highest BCUT2D eigenvalue weighted by atomic mass is 35.5. The first-order chi connectivity index (χ1) is 6.57. The molecule has 76 valence electrons. The van der Waals surface area contributed by atoms with Gasteiger partial charge in [0.15, 0.2) is 0 Å². The molecule has 0 spiro atoms. The number of carbonyl (C=O) groups excluding carboxylic acids is 1. The van der Waals surface area contributed by atoms with Crippen molar-refractivity contribution >= 4 is 17.9 Å². The van der Waals surface area contributed by atoms with Crippen molar-refractivity contribution in [3.8, 4) is 0 Å². The molecule has 0 aliphatic rings. The fourth-order valence-electron chi connectivity index (χ4n) is 1.22. The van der Waals surface area contributed by atoms with Gasteiger partial charge in [-0.2, -0.15) is 0 Å². The number of rotatable bonds is 3. The largest absolute Gasteiger partial charge is 0.303 e. The number of halogens is 3. The summed E-state index contributed by atoms with van der Waals surface area (Å²) in [5.74, 6) is -1.38. The monoisotopic (exact) mass is 218 g/mol. The predicted molar refractivity (Wildman–Crippen MR) is 50.5 cm³/mol. The van der Waals surface area contributed by atoms with Gasteiger partial charge in [-0.3, -0.25) is 0 Å². The van der Waals surface area contributed by atoms with Gasteiger partial charge in [0.25, 0.3) is 0 Å². The van der Waals surface area contributed by atoms with Gasteiger partial charge in [0.1, 0.15) is 17.9 Å². The first-order valence-electron chi connectivity index (χ1n) is 4.14. The Morgan fingerprint density at radius 3 is 2.64 bits per heavy atom. The third-order valence-corrected chi connectivity index (χ3v) is 2.22. The second-order valence-electron chi connectivity index (χ2n) is 2.99.